The fraction of sp³-hybridized carbons (Fsp3) is 0.960. The SMILES string of the molecule is CC[C@H]1[C@@H](O)C2C3CC[C@H](CC[C@@H](F)C(=O)O)[C@@]3(C)[C@@H](O)CC2[C@@]2(C)CC[C@@H](O)C[C@@H]12. The third kappa shape index (κ3) is 3.47. The maximum absolute atomic E-state index is 13.8. The molecule has 0 saturated heterocycles. The summed E-state index contributed by atoms with van der Waals surface area (Å²) in [5.74, 6) is -0.394. The van der Waals surface area contributed by atoms with Gasteiger partial charge in [0.05, 0.1) is 18.3 Å². The minimum Gasteiger partial charge on any atom is -0.479 e. The van der Waals surface area contributed by atoms with Crippen molar-refractivity contribution in [1.82, 2.24) is 0 Å². The quantitative estimate of drug-likeness (QED) is 0.521. The fourth-order valence-corrected chi connectivity index (χ4v) is 8.99. The van der Waals surface area contributed by atoms with Crippen molar-refractivity contribution in [3.63, 3.8) is 0 Å². The number of rotatable bonds is 5. The molecule has 0 aliphatic heterocycles. The first-order valence-corrected chi connectivity index (χ1v) is 12.5. The van der Waals surface area contributed by atoms with Gasteiger partial charge >= 0.3 is 5.97 Å². The van der Waals surface area contributed by atoms with Crippen LogP contribution < -0.4 is 0 Å². The lowest BCUT2D eigenvalue weighted by molar-refractivity contribution is -0.226. The highest BCUT2D eigenvalue weighted by molar-refractivity contribution is 5.71. The number of aliphatic hydroxyl groups excluding tert-OH is 3. The van der Waals surface area contributed by atoms with Gasteiger partial charge in [-0.1, -0.05) is 27.2 Å². The minimum absolute atomic E-state index is 0.0114. The second kappa shape index (κ2) is 8.25. The van der Waals surface area contributed by atoms with Crippen molar-refractivity contribution in [3.8, 4) is 0 Å². The molecule has 5 nitrogen and oxygen atoms in total. The van der Waals surface area contributed by atoms with Crippen LogP contribution in [0.2, 0.25) is 0 Å². The van der Waals surface area contributed by atoms with Crippen molar-refractivity contribution >= 4 is 5.97 Å². The smallest absolute Gasteiger partial charge is 0.338 e. The highest BCUT2D eigenvalue weighted by atomic mass is 19.1. The first-order chi connectivity index (χ1) is 14.6. The van der Waals surface area contributed by atoms with Gasteiger partial charge in [-0.3, -0.25) is 0 Å². The molecule has 0 amide bonds. The van der Waals surface area contributed by atoms with Crippen LogP contribution in [-0.4, -0.2) is 50.9 Å². The molecule has 0 bridgehead atoms. The zero-order valence-electron chi connectivity index (χ0n) is 19.2. The summed E-state index contributed by atoms with van der Waals surface area (Å²) in [5, 5.41) is 42.4. The van der Waals surface area contributed by atoms with Gasteiger partial charge < -0.3 is 20.4 Å². The summed E-state index contributed by atoms with van der Waals surface area (Å²) in [7, 11) is 0. The molecule has 178 valence electrons. The lowest BCUT2D eigenvalue weighted by Crippen LogP contribution is -2.64. The predicted molar refractivity (Wildman–Crippen MR) is 115 cm³/mol. The molecule has 4 aliphatic rings. The maximum atomic E-state index is 13.8. The summed E-state index contributed by atoms with van der Waals surface area (Å²) in [4.78, 5) is 10.9. The zero-order valence-corrected chi connectivity index (χ0v) is 19.2. The Kier molecular flexibility index (Phi) is 6.24. The van der Waals surface area contributed by atoms with Crippen LogP contribution in [0.3, 0.4) is 0 Å². The van der Waals surface area contributed by atoms with E-state index in [1.165, 1.54) is 0 Å². The molecule has 12 atom stereocenters. The van der Waals surface area contributed by atoms with Crippen LogP contribution in [0.15, 0.2) is 0 Å². The molecule has 0 aromatic rings. The van der Waals surface area contributed by atoms with E-state index in [4.69, 9.17) is 5.11 Å². The average Bonchev–Trinajstić information content (AvgIpc) is 3.06. The Labute approximate surface area is 185 Å². The second-order valence-electron chi connectivity index (χ2n) is 11.7. The summed E-state index contributed by atoms with van der Waals surface area (Å²) in [6.45, 7) is 6.58. The van der Waals surface area contributed by atoms with E-state index in [1.807, 2.05) is 0 Å². The monoisotopic (exact) mass is 440 g/mol. The van der Waals surface area contributed by atoms with Crippen molar-refractivity contribution in [3.05, 3.63) is 0 Å². The maximum Gasteiger partial charge on any atom is 0.338 e. The van der Waals surface area contributed by atoms with Crippen LogP contribution in [0.5, 0.6) is 0 Å². The molecule has 3 unspecified atom stereocenters. The number of carboxylic acids is 1. The van der Waals surface area contributed by atoms with Gasteiger partial charge in [0.15, 0.2) is 6.17 Å². The molecule has 4 rings (SSSR count). The van der Waals surface area contributed by atoms with E-state index < -0.39 is 29.8 Å². The molecule has 4 aliphatic carbocycles. The molecule has 6 heteroatoms. The number of carbonyl (C=O) groups is 1. The van der Waals surface area contributed by atoms with Crippen LogP contribution in [0, 0.1) is 46.3 Å². The number of hydrogen-bond donors (Lipinski definition) is 4. The topological polar surface area (TPSA) is 98.0 Å². The largest absolute Gasteiger partial charge is 0.479 e. The molecule has 4 N–H and O–H groups in total. The highest BCUT2D eigenvalue weighted by Gasteiger charge is 2.66. The summed E-state index contributed by atoms with van der Waals surface area (Å²) >= 11 is 0. The van der Waals surface area contributed by atoms with Crippen molar-refractivity contribution < 1.29 is 29.6 Å². The molecular weight excluding hydrogens is 399 g/mol. The van der Waals surface area contributed by atoms with Crippen LogP contribution >= 0.6 is 0 Å². The third-order valence-electron chi connectivity index (χ3n) is 10.7. The lowest BCUT2D eigenvalue weighted by Gasteiger charge is -2.65. The molecule has 4 saturated carbocycles. The molecule has 0 heterocycles. The van der Waals surface area contributed by atoms with Crippen LogP contribution in [-0.2, 0) is 4.79 Å². The van der Waals surface area contributed by atoms with Gasteiger partial charge in [-0.15, -0.1) is 0 Å². The van der Waals surface area contributed by atoms with Gasteiger partial charge in [0.25, 0.3) is 0 Å². The normalized spacial score (nSPS) is 52.7. The van der Waals surface area contributed by atoms with Crippen LogP contribution in [0.25, 0.3) is 0 Å². The lowest BCUT2D eigenvalue weighted by atomic mass is 9.41. The number of aliphatic carboxylic acids is 1. The number of hydrogen-bond acceptors (Lipinski definition) is 4. The van der Waals surface area contributed by atoms with Gasteiger partial charge in [-0.05, 0) is 97.7 Å². The van der Waals surface area contributed by atoms with Crippen molar-refractivity contribution in [1.29, 1.82) is 0 Å². The average molecular weight is 441 g/mol. The Balaban J connectivity index is 1.63. The van der Waals surface area contributed by atoms with Gasteiger partial charge in [-0.2, -0.15) is 0 Å². The number of fused-ring (bicyclic) bond motifs is 5. The molecule has 0 aromatic heterocycles. The summed E-state index contributed by atoms with van der Waals surface area (Å²) in [6.07, 6.45) is 3.08. The van der Waals surface area contributed by atoms with E-state index in [2.05, 4.69) is 20.8 Å². The Morgan fingerprint density at radius 2 is 1.77 bits per heavy atom. The van der Waals surface area contributed by atoms with E-state index >= 15 is 0 Å². The Morgan fingerprint density at radius 1 is 1.06 bits per heavy atom. The standard InChI is InChI=1S/C25H41FO5/c1-4-15-17-11-14(27)9-10-24(17,2)18-12-20(28)25(3)13(6-8-19(26)23(30)31)5-7-16(25)21(18)22(15)29/h13-22,27-29H,4-12H2,1-3H3,(H,30,31)/t13-,14-,15-,16?,17+,18?,19-,20+,21?,22-,24+,25-/m1/s1. The summed E-state index contributed by atoms with van der Waals surface area (Å²) < 4.78 is 13.8. The van der Waals surface area contributed by atoms with Gasteiger partial charge in [0.2, 0.25) is 0 Å². The zero-order chi connectivity index (χ0) is 22.7. The van der Waals surface area contributed by atoms with Crippen molar-refractivity contribution in [2.45, 2.75) is 103 Å². The predicted octanol–water partition coefficient (Wildman–Crippen LogP) is 3.79. The molecular formula is C25H41FO5. The molecule has 0 radical (unpaired) electrons. The fourth-order valence-electron chi connectivity index (χ4n) is 8.99. The van der Waals surface area contributed by atoms with E-state index in [9.17, 15) is 24.5 Å². The van der Waals surface area contributed by atoms with Crippen LogP contribution in [0.4, 0.5) is 4.39 Å². The first kappa shape index (κ1) is 23.4. The number of aliphatic hydroxyl groups is 3. The van der Waals surface area contributed by atoms with E-state index in [0.717, 1.165) is 38.5 Å². The first-order valence-electron chi connectivity index (χ1n) is 12.5. The van der Waals surface area contributed by atoms with Crippen molar-refractivity contribution in [2.24, 2.45) is 46.3 Å². The van der Waals surface area contributed by atoms with E-state index in [0.29, 0.717) is 12.8 Å². The van der Waals surface area contributed by atoms with Gasteiger partial charge in [-0.25, -0.2) is 9.18 Å². The number of alkyl halides is 1. The van der Waals surface area contributed by atoms with E-state index in [-0.39, 0.29) is 53.4 Å². The second-order valence-corrected chi connectivity index (χ2v) is 11.7. The molecule has 4 fully saturated rings. The Morgan fingerprint density at radius 3 is 2.42 bits per heavy atom. The Bertz CT molecular complexity index is 687. The molecule has 0 aromatic carbocycles. The Hall–Kier alpha value is -0.720. The summed E-state index contributed by atoms with van der Waals surface area (Å²) in [6, 6.07) is 0. The third-order valence-corrected chi connectivity index (χ3v) is 10.7. The van der Waals surface area contributed by atoms with E-state index in [1.54, 1.807) is 0 Å². The molecule has 0 spiro atoms. The van der Waals surface area contributed by atoms with Gasteiger partial charge in [0.1, 0.15) is 0 Å². The van der Waals surface area contributed by atoms with Gasteiger partial charge in [0, 0.05) is 0 Å². The van der Waals surface area contributed by atoms with Crippen LogP contribution in [0.1, 0.15) is 78.6 Å². The number of halogens is 1. The van der Waals surface area contributed by atoms with Crippen molar-refractivity contribution in [2.75, 3.05) is 0 Å². The molecule has 31 heavy (non-hydrogen) atoms. The number of carboxylic acid groups (broad SMARTS) is 1. The summed E-state index contributed by atoms with van der Waals surface area (Å²) in [5.41, 5.74) is -0.395. The highest BCUT2D eigenvalue weighted by Crippen LogP contribution is 2.69. The minimum atomic E-state index is -1.85.